The van der Waals surface area contributed by atoms with Gasteiger partial charge in [-0.15, -0.1) is 0 Å². The number of hydrogen-bond acceptors (Lipinski definition) is 7. The number of fused-ring (bicyclic) bond motifs is 1. The fourth-order valence-electron chi connectivity index (χ4n) is 3.75. The molecule has 0 atom stereocenters. The lowest BCUT2D eigenvalue weighted by Gasteiger charge is -2.35. The molecule has 3 aromatic rings. The van der Waals surface area contributed by atoms with Crippen molar-refractivity contribution >= 4 is 22.8 Å². The molecule has 0 bridgehead atoms. The smallest absolute Gasteiger partial charge is 0.234 e. The van der Waals surface area contributed by atoms with E-state index in [0.29, 0.717) is 18.9 Å². The minimum atomic E-state index is 0.0773. The first-order chi connectivity index (χ1) is 14.1. The van der Waals surface area contributed by atoms with Gasteiger partial charge in [0.05, 0.1) is 17.6 Å². The van der Waals surface area contributed by atoms with Crippen LogP contribution in [0.15, 0.2) is 24.5 Å². The highest BCUT2D eigenvalue weighted by atomic mass is 16.2. The number of aromatic nitrogens is 5. The molecule has 9 nitrogen and oxygen atoms in total. The van der Waals surface area contributed by atoms with Gasteiger partial charge in [0.2, 0.25) is 5.91 Å². The number of carbonyl (C=O) groups excluding carboxylic acids is 1. The number of aryl methyl sites for hydroxylation is 2. The molecule has 152 valence electrons. The zero-order valence-electron chi connectivity index (χ0n) is 17.1. The number of pyridine rings is 1. The first-order valence-electron chi connectivity index (χ1n) is 9.92. The Morgan fingerprint density at radius 3 is 2.55 bits per heavy atom. The molecule has 3 aromatic heterocycles. The molecular weight excluding hydrogens is 368 g/mol. The Balaban J connectivity index is 1.64. The molecule has 29 heavy (non-hydrogen) atoms. The molecule has 1 fully saturated rings. The minimum absolute atomic E-state index is 0.0773. The normalized spacial score (nSPS) is 15.1. The van der Waals surface area contributed by atoms with Gasteiger partial charge in [0.1, 0.15) is 5.82 Å². The number of carbonyl (C=O) groups is 1. The van der Waals surface area contributed by atoms with Crippen LogP contribution in [0.5, 0.6) is 0 Å². The molecule has 4 heterocycles. The van der Waals surface area contributed by atoms with Crippen molar-refractivity contribution in [2.75, 3.05) is 44.2 Å². The maximum absolute atomic E-state index is 11.9. The van der Waals surface area contributed by atoms with Crippen LogP contribution in [0.25, 0.3) is 22.4 Å². The molecule has 0 saturated carbocycles. The van der Waals surface area contributed by atoms with Crippen LogP contribution in [0.2, 0.25) is 0 Å². The molecule has 1 aliphatic rings. The van der Waals surface area contributed by atoms with Crippen LogP contribution < -0.4 is 10.2 Å². The third kappa shape index (κ3) is 3.91. The van der Waals surface area contributed by atoms with Crippen LogP contribution in [0.1, 0.15) is 12.6 Å². The van der Waals surface area contributed by atoms with Crippen molar-refractivity contribution in [3.05, 3.63) is 30.2 Å². The Bertz CT molecular complexity index is 1010. The lowest BCUT2D eigenvalue weighted by molar-refractivity contribution is -0.122. The molecule has 1 saturated heterocycles. The van der Waals surface area contributed by atoms with E-state index in [0.717, 1.165) is 54.3 Å². The van der Waals surface area contributed by atoms with E-state index in [4.69, 9.17) is 9.97 Å². The minimum Gasteiger partial charge on any atom is -0.355 e. The van der Waals surface area contributed by atoms with Crippen molar-refractivity contribution in [3.63, 3.8) is 0 Å². The largest absolute Gasteiger partial charge is 0.355 e. The summed E-state index contributed by atoms with van der Waals surface area (Å²) in [4.78, 5) is 30.1. The predicted molar refractivity (Wildman–Crippen MR) is 112 cm³/mol. The van der Waals surface area contributed by atoms with Crippen LogP contribution in [0.3, 0.4) is 0 Å². The average Bonchev–Trinajstić information content (AvgIpc) is 3.02. The van der Waals surface area contributed by atoms with Gasteiger partial charge in [-0.1, -0.05) is 0 Å². The molecule has 9 heteroatoms. The lowest BCUT2D eigenvalue weighted by atomic mass is 10.2. The summed E-state index contributed by atoms with van der Waals surface area (Å²) in [6.45, 7) is 8.26. The summed E-state index contributed by atoms with van der Waals surface area (Å²) in [6.07, 6.45) is 3.49. The second-order valence-corrected chi connectivity index (χ2v) is 7.23. The first-order valence-corrected chi connectivity index (χ1v) is 9.92. The highest BCUT2D eigenvalue weighted by Crippen LogP contribution is 2.30. The first kappa shape index (κ1) is 19.3. The molecule has 1 amide bonds. The van der Waals surface area contributed by atoms with Crippen LogP contribution in [-0.4, -0.2) is 74.8 Å². The van der Waals surface area contributed by atoms with Gasteiger partial charge < -0.3 is 10.2 Å². The van der Waals surface area contributed by atoms with Gasteiger partial charge in [0, 0.05) is 57.7 Å². The van der Waals surface area contributed by atoms with Crippen LogP contribution in [-0.2, 0) is 11.8 Å². The van der Waals surface area contributed by atoms with Crippen molar-refractivity contribution < 1.29 is 4.79 Å². The van der Waals surface area contributed by atoms with Crippen LogP contribution in [0.4, 0.5) is 5.82 Å². The number of hydrogen-bond donors (Lipinski definition) is 1. The Labute approximate surface area is 169 Å². The third-order valence-corrected chi connectivity index (χ3v) is 5.19. The molecule has 0 radical (unpaired) electrons. The van der Waals surface area contributed by atoms with E-state index >= 15 is 0 Å². The van der Waals surface area contributed by atoms with Gasteiger partial charge in [-0.2, -0.15) is 5.10 Å². The number of piperazine rings is 1. The highest BCUT2D eigenvalue weighted by molar-refractivity contribution is 5.91. The van der Waals surface area contributed by atoms with Crippen molar-refractivity contribution in [2.24, 2.45) is 7.05 Å². The Morgan fingerprint density at radius 2 is 1.86 bits per heavy atom. The zero-order valence-corrected chi connectivity index (χ0v) is 17.1. The summed E-state index contributed by atoms with van der Waals surface area (Å²) < 4.78 is 1.81. The summed E-state index contributed by atoms with van der Waals surface area (Å²) in [5.41, 5.74) is 2.67. The fraction of sp³-hybridized carbons (Fsp3) is 0.450. The highest BCUT2D eigenvalue weighted by Gasteiger charge is 2.24. The number of nitrogens with one attached hydrogen (secondary N) is 1. The van der Waals surface area contributed by atoms with Crippen molar-refractivity contribution in [1.82, 2.24) is 34.9 Å². The summed E-state index contributed by atoms with van der Waals surface area (Å²) in [6, 6.07) is 3.83. The Hall–Kier alpha value is -3.07. The monoisotopic (exact) mass is 394 g/mol. The topological polar surface area (TPSA) is 92.1 Å². The second-order valence-electron chi connectivity index (χ2n) is 7.23. The maximum atomic E-state index is 11.9. The zero-order chi connectivity index (χ0) is 20.4. The van der Waals surface area contributed by atoms with Gasteiger partial charge in [-0.05, 0) is 26.0 Å². The Kier molecular flexibility index (Phi) is 5.39. The molecule has 1 aliphatic heterocycles. The van der Waals surface area contributed by atoms with E-state index < -0.39 is 0 Å². The third-order valence-electron chi connectivity index (χ3n) is 5.19. The Morgan fingerprint density at radius 1 is 1.14 bits per heavy atom. The summed E-state index contributed by atoms with van der Waals surface area (Å²) in [7, 11) is 1.91. The quantitative estimate of drug-likeness (QED) is 0.690. The van der Waals surface area contributed by atoms with Gasteiger partial charge in [-0.25, -0.2) is 9.97 Å². The fourth-order valence-corrected chi connectivity index (χ4v) is 3.75. The van der Waals surface area contributed by atoms with Gasteiger partial charge in [0.15, 0.2) is 11.5 Å². The van der Waals surface area contributed by atoms with Gasteiger partial charge in [0.25, 0.3) is 0 Å². The van der Waals surface area contributed by atoms with Crippen molar-refractivity contribution in [3.8, 4) is 11.4 Å². The number of rotatable bonds is 5. The molecule has 0 unspecified atom stereocenters. The van der Waals surface area contributed by atoms with Gasteiger partial charge >= 0.3 is 0 Å². The summed E-state index contributed by atoms with van der Waals surface area (Å²) in [5.74, 6) is 1.65. The van der Waals surface area contributed by atoms with E-state index in [1.54, 1.807) is 12.4 Å². The van der Waals surface area contributed by atoms with E-state index in [-0.39, 0.29) is 5.91 Å². The van der Waals surface area contributed by atoms with Crippen molar-refractivity contribution in [2.45, 2.75) is 13.8 Å². The average molecular weight is 394 g/mol. The molecule has 1 N–H and O–H groups in total. The lowest BCUT2D eigenvalue weighted by Crippen LogP contribution is -2.49. The van der Waals surface area contributed by atoms with E-state index in [9.17, 15) is 4.79 Å². The molecule has 0 aromatic carbocycles. The second kappa shape index (κ2) is 8.12. The summed E-state index contributed by atoms with van der Waals surface area (Å²) >= 11 is 0. The molecule has 0 spiro atoms. The molecule has 4 rings (SSSR count). The van der Waals surface area contributed by atoms with Crippen molar-refractivity contribution in [1.29, 1.82) is 0 Å². The van der Waals surface area contributed by atoms with E-state index in [2.05, 4.69) is 25.2 Å². The predicted octanol–water partition coefficient (Wildman–Crippen LogP) is 0.992. The number of amides is 1. The standard InChI is InChI=1S/C20H26N8O/c1-4-22-16(29)13-27-9-11-28(12-10-27)20-17-14(2)25-26(3)19(17)23-18(24-20)15-5-7-21-8-6-15/h5-8H,4,9-13H2,1-3H3,(H,22,29). The SMILES string of the molecule is CCNC(=O)CN1CCN(c2nc(-c3ccncc3)nc3c2c(C)nn3C)CC1. The van der Waals surface area contributed by atoms with Gasteiger partial charge in [-0.3, -0.25) is 19.4 Å². The number of anilines is 1. The molecule has 0 aliphatic carbocycles. The number of likely N-dealkylation sites (N-methyl/N-ethyl adjacent to an activating group) is 1. The van der Waals surface area contributed by atoms with E-state index in [1.807, 2.05) is 37.7 Å². The number of nitrogens with zero attached hydrogens (tertiary/aromatic N) is 7. The molecular formula is C20H26N8O. The summed E-state index contributed by atoms with van der Waals surface area (Å²) in [5, 5.41) is 8.42. The van der Waals surface area contributed by atoms with E-state index in [1.165, 1.54) is 0 Å². The van der Waals surface area contributed by atoms with Crippen LogP contribution >= 0.6 is 0 Å². The van der Waals surface area contributed by atoms with Crippen LogP contribution in [0, 0.1) is 6.92 Å². The maximum Gasteiger partial charge on any atom is 0.234 e.